The molecule has 0 unspecified atom stereocenters. The molecule has 0 fully saturated rings. The second-order valence-electron chi connectivity index (χ2n) is 9.62. The zero-order valence-corrected chi connectivity index (χ0v) is 23.4. The summed E-state index contributed by atoms with van der Waals surface area (Å²) < 4.78 is 1.88. The first-order valence-electron chi connectivity index (χ1n) is 11.7. The van der Waals surface area contributed by atoms with E-state index in [1.165, 1.54) is 35.5 Å². The van der Waals surface area contributed by atoms with Crippen LogP contribution in [0.25, 0.3) is 17.1 Å². The Morgan fingerprint density at radius 1 is 1.03 bits per heavy atom. The number of hydrogen-bond acceptors (Lipinski definition) is 6. The van der Waals surface area contributed by atoms with Crippen molar-refractivity contribution < 1.29 is 9.72 Å². The maximum atomic E-state index is 13.0. The predicted octanol–water partition coefficient (Wildman–Crippen LogP) is 7.57. The summed E-state index contributed by atoms with van der Waals surface area (Å²) in [6, 6.07) is 19.4. The van der Waals surface area contributed by atoms with Crippen molar-refractivity contribution in [3.05, 3.63) is 92.5 Å². The minimum absolute atomic E-state index is 0.0127. The number of rotatable bonds is 7. The molecule has 1 N–H and O–H groups in total. The lowest BCUT2D eigenvalue weighted by molar-refractivity contribution is -0.384. The molecule has 1 amide bonds. The van der Waals surface area contributed by atoms with Crippen molar-refractivity contribution >= 4 is 52.2 Å². The summed E-state index contributed by atoms with van der Waals surface area (Å²) in [6.45, 7) is 8.20. The van der Waals surface area contributed by atoms with E-state index in [1.807, 2.05) is 28.8 Å². The Labute approximate surface area is 234 Å². The van der Waals surface area contributed by atoms with Crippen LogP contribution in [0.15, 0.2) is 71.9 Å². The third kappa shape index (κ3) is 6.18. The van der Waals surface area contributed by atoms with Crippen molar-refractivity contribution in [1.82, 2.24) is 14.8 Å². The van der Waals surface area contributed by atoms with E-state index >= 15 is 0 Å². The number of halogens is 2. The minimum Gasteiger partial charge on any atom is -0.324 e. The first-order chi connectivity index (χ1) is 17.9. The fraction of sp³-hybridized carbons (Fsp3) is 0.222. The van der Waals surface area contributed by atoms with Crippen molar-refractivity contribution in [2.24, 2.45) is 0 Å². The third-order valence-electron chi connectivity index (χ3n) is 5.80. The molecule has 0 spiro atoms. The molecule has 11 heteroatoms. The molecule has 0 aliphatic rings. The van der Waals surface area contributed by atoms with Gasteiger partial charge >= 0.3 is 0 Å². The first kappa shape index (κ1) is 27.6. The Morgan fingerprint density at radius 3 is 2.26 bits per heavy atom. The molecule has 38 heavy (non-hydrogen) atoms. The zero-order chi connectivity index (χ0) is 27.6. The molecule has 0 aliphatic heterocycles. The Kier molecular flexibility index (Phi) is 8.10. The van der Waals surface area contributed by atoms with Crippen LogP contribution in [-0.2, 0) is 10.2 Å². The van der Waals surface area contributed by atoms with Gasteiger partial charge in [0.1, 0.15) is 0 Å². The lowest BCUT2D eigenvalue weighted by Gasteiger charge is -2.19. The van der Waals surface area contributed by atoms with Crippen LogP contribution in [0.4, 0.5) is 11.4 Å². The molecule has 4 rings (SSSR count). The van der Waals surface area contributed by atoms with E-state index in [2.05, 4.69) is 48.4 Å². The zero-order valence-electron chi connectivity index (χ0n) is 21.1. The standard InChI is InChI=1S/C27H25Cl2N5O3S/c1-16(25(35)30-23-14-13-21(34(36)37)15-22(23)29)38-26-32-31-24(33(26)20-11-9-19(28)10-12-20)17-5-7-18(8-6-17)27(2,3)4/h5-16H,1-4H3,(H,30,35)/t16-/m1/s1. The third-order valence-corrected chi connectivity index (χ3v) is 7.41. The number of thioether (sulfide) groups is 1. The Bertz CT molecular complexity index is 1480. The van der Waals surface area contributed by atoms with Crippen LogP contribution in [0.3, 0.4) is 0 Å². The van der Waals surface area contributed by atoms with Gasteiger partial charge in [0.05, 0.1) is 20.9 Å². The predicted molar refractivity (Wildman–Crippen MR) is 153 cm³/mol. The van der Waals surface area contributed by atoms with Crippen molar-refractivity contribution in [1.29, 1.82) is 0 Å². The van der Waals surface area contributed by atoms with Crippen LogP contribution in [0, 0.1) is 10.1 Å². The summed E-state index contributed by atoms with van der Waals surface area (Å²) in [5, 5.41) is 23.2. The Morgan fingerprint density at radius 2 is 1.68 bits per heavy atom. The number of amides is 1. The number of nitrogens with zero attached hydrogens (tertiary/aromatic N) is 4. The number of hydrogen-bond donors (Lipinski definition) is 1. The van der Waals surface area contributed by atoms with E-state index < -0.39 is 10.2 Å². The van der Waals surface area contributed by atoms with Gasteiger partial charge in [-0.2, -0.15) is 0 Å². The van der Waals surface area contributed by atoms with Crippen LogP contribution in [0.1, 0.15) is 33.3 Å². The summed E-state index contributed by atoms with van der Waals surface area (Å²) in [5.74, 6) is 0.286. The second-order valence-corrected chi connectivity index (χ2v) is 11.8. The number of nitro benzene ring substituents is 1. The first-order valence-corrected chi connectivity index (χ1v) is 13.3. The van der Waals surface area contributed by atoms with Gasteiger partial charge < -0.3 is 5.32 Å². The lowest BCUT2D eigenvalue weighted by Crippen LogP contribution is -2.23. The summed E-state index contributed by atoms with van der Waals surface area (Å²) in [5.41, 5.74) is 3.01. The fourth-order valence-corrected chi connectivity index (χ4v) is 4.86. The molecule has 1 aromatic heterocycles. The Balaban J connectivity index is 1.63. The monoisotopic (exact) mass is 569 g/mol. The molecule has 0 aliphatic carbocycles. The van der Waals surface area contributed by atoms with Gasteiger partial charge in [-0.05, 0) is 48.2 Å². The van der Waals surface area contributed by atoms with Crippen LogP contribution in [-0.4, -0.2) is 30.8 Å². The number of aromatic nitrogens is 3. The van der Waals surface area contributed by atoms with Crippen molar-refractivity contribution in [3.63, 3.8) is 0 Å². The normalized spacial score (nSPS) is 12.3. The molecule has 0 saturated carbocycles. The van der Waals surface area contributed by atoms with Gasteiger partial charge in [0, 0.05) is 28.4 Å². The molecule has 0 radical (unpaired) electrons. The number of benzene rings is 3. The van der Waals surface area contributed by atoms with Crippen LogP contribution in [0.5, 0.6) is 0 Å². The number of carbonyl (C=O) groups is 1. The van der Waals surface area contributed by atoms with Gasteiger partial charge in [0.15, 0.2) is 11.0 Å². The molecule has 196 valence electrons. The minimum atomic E-state index is -0.590. The van der Waals surface area contributed by atoms with Gasteiger partial charge in [0.2, 0.25) is 5.91 Å². The molecule has 3 aromatic carbocycles. The van der Waals surface area contributed by atoms with Gasteiger partial charge in [-0.3, -0.25) is 19.5 Å². The molecule has 0 saturated heterocycles. The lowest BCUT2D eigenvalue weighted by atomic mass is 9.87. The van der Waals surface area contributed by atoms with E-state index in [9.17, 15) is 14.9 Å². The Hall–Kier alpha value is -3.40. The maximum absolute atomic E-state index is 13.0. The smallest absolute Gasteiger partial charge is 0.271 e. The largest absolute Gasteiger partial charge is 0.324 e. The van der Waals surface area contributed by atoms with Crippen molar-refractivity contribution in [2.75, 3.05) is 5.32 Å². The quantitative estimate of drug-likeness (QED) is 0.140. The number of nitro groups is 1. The maximum Gasteiger partial charge on any atom is 0.271 e. The summed E-state index contributed by atoms with van der Waals surface area (Å²) in [4.78, 5) is 23.4. The average molecular weight is 571 g/mol. The van der Waals surface area contributed by atoms with E-state index in [-0.39, 0.29) is 27.7 Å². The highest BCUT2D eigenvalue weighted by Crippen LogP contribution is 2.33. The van der Waals surface area contributed by atoms with E-state index in [1.54, 1.807) is 19.1 Å². The van der Waals surface area contributed by atoms with Crippen LogP contribution in [0.2, 0.25) is 10.0 Å². The van der Waals surface area contributed by atoms with Gasteiger partial charge in [0.25, 0.3) is 5.69 Å². The number of carbonyl (C=O) groups excluding carboxylic acids is 1. The molecule has 1 atom stereocenters. The number of non-ortho nitro benzene ring substituents is 1. The van der Waals surface area contributed by atoms with E-state index in [4.69, 9.17) is 23.2 Å². The SMILES string of the molecule is C[C@@H](Sc1nnc(-c2ccc(C(C)(C)C)cc2)n1-c1ccc(Cl)cc1)C(=O)Nc1ccc([N+](=O)[O-])cc1Cl. The van der Waals surface area contributed by atoms with Gasteiger partial charge in [-0.1, -0.05) is 80.0 Å². The average Bonchev–Trinajstić information content (AvgIpc) is 3.28. The highest BCUT2D eigenvalue weighted by molar-refractivity contribution is 8.00. The fourth-order valence-electron chi connectivity index (χ4n) is 3.64. The van der Waals surface area contributed by atoms with Crippen LogP contribution < -0.4 is 5.32 Å². The van der Waals surface area contributed by atoms with E-state index in [0.29, 0.717) is 16.0 Å². The van der Waals surface area contributed by atoms with Crippen molar-refractivity contribution in [3.8, 4) is 17.1 Å². The van der Waals surface area contributed by atoms with Crippen molar-refractivity contribution in [2.45, 2.75) is 43.5 Å². The molecule has 4 aromatic rings. The topological polar surface area (TPSA) is 103 Å². The molecule has 0 bridgehead atoms. The van der Waals surface area contributed by atoms with E-state index in [0.717, 1.165) is 11.3 Å². The second kappa shape index (κ2) is 11.1. The van der Waals surface area contributed by atoms with Gasteiger partial charge in [-0.15, -0.1) is 10.2 Å². The molecule has 8 nitrogen and oxygen atoms in total. The molecular formula is C27H25Cl2N5O3S. The summed E-state index contributed by atoms with van der Waals surface area (Å²) in [7, 11) is 0. The van der Waals surface area contributed by atoms with Gasteiger partial charge in [-0.25, -0.2) is 0 Å². The highest BCUT2D eigenvalue weighted by Gasteiger charge is 2.23. The van der Waals surface area contributed by atoms with Crippen LogP contribution >= 0.6 is 35.0 Å². The number of anilines is 1. The summed E-state index contributed by atoms with van der Waals surface area (Å²) in [6.07, 6.45) is 0. The highest BCUT2D eigenvalue weighted by atomic mass is 35.5. The molecular weight excluding hydrogens is 545 g/mol. The number of nitrogens with one attached hydrogen (secondary N) is 1. The molecule has 1 heterocycles. The summed E-state index contributed by atoms with van der Waals surface area (Å²) >= 11 is 13.5.